The first-order valence-electron chi connectivity index (χ1n) is 11.9. The predicted octanol–water partition coefficient (Wildman–Crippen LogP) is 3.90. The summed E-state index contributed by atoms with van der Waals surface area (Å²) in [5, 5.41) is 13.8. The number of pyridine rings is 1. The first kappa shape index (κ1) is 21.5. The van der Waals surface area contributed by atoms with Crippen molar-refractivity contribution in [2.24, 2.45) is 0 Å². The molecule has 1 atom stereocenters. The Morgan fingerprint density at radius 1 is 1.00 bits per heavy atom. The maximum Gasteiger partial charge on any atom is 0.253 e. The van der Waals surface area contributed by atoms with Crippen molar-refractivity contribution in [3.05, 3.63) is 87.5 Å². The Balaban J connectivity index is 1.56. The molecule has 2 aromatic heterocycles. The van der Waals surface area contributed by atoms with Gasteiger partial charge in [-0.05, 0) is 83.9 Å². The molecule has 0 bridgehead atoms. The summed E-state index contributed by atoms with van der Waals surface area (Å²) >= 11 is 0. The Hall–Kier alpha value is -3.32. The van der Waals surface area contributed by atoms with Crippen molar-refractivity contribution in [3.8, 4) is 0 Å². The SMILES string of the molecule is CCc1ccc2[nH]c(=O)c([C@@H](c3nnnn3CCc3ccccc3)N3CCCCC3)cc2c1. The summed E-state index contributed by atoms with van der Waals surface area (Å²) in [5.41, 5.74) is 4.00. The Kier molecular flexibility index (Phi) is 6.30. The molecule has 33 heavy (non-hydrogen) atoms. The first-order valence-corrected chi connectivity index (χ1v) is 11.9. The van der Waals surface area contributed by atoms with Crippen LogP contribution in [0.1, 0.15) is 54.7 Å². The highest BCUT2D eigenvalue weighted by Gasteiger charge is 2.31. The molecule has 5 rings (SSSR count). The molecule has 7 nitrogen and oxygen atoms in total. The van der Waals surface area contributed by atoms with Crippen LogP contribution in [0.4, 0.5) is 0 Å². The monoisotopic (exact) mass is 442 g/mol. The van der Waals surface area contributed by atoms with Gasteiger partial charge < -0.3 is 4.98 Å². The van der Waals surface area contributed by atoms with Crippen LogP contribution in [0.15, 0.2) is 59.4 Å². The van der Waals surface area contributed by atoms with E-state index in [1.807, 2.05) is 35.0 Å². The first-order chi connectivity index (χ1) is 16.2. The van der Waals surface area contributed by atoms with Crippen molar-refractivity contribution in [3.63, 3.8) is 0 Å². The van der Waals surface area contributed by atoms with Gasteiger partial charge >= 0.3 is 0 Å². The average molecular weight is 443 g/mol. The summed E-state index contributed by atoms with van der Waals surface area (Å²) < 4.78 is 1.87. The molecule has 3 heterocycles. The minimum atomic E-state index is -0.269. The van der Waals surface area contributed by atoms with Crippen molar-refractivity contribution in [1.29, 1.82) is 0 Å². The second kappa shape index (κ2) is 9.67. The second-order valence-electron chi connectivity index (χ2n) is 8.82. The van der Waals surface area contributed by atoms with E-state index in [-0.39, 0.29) is 11.6 Å². The average Bonchev–Trinajstić information content (AvgIpc) is 3.32. The fourth-order valence-corrected chi connectivity index (χ4v) is 4.82. The van der Waals surface area contributed by atoms with E-state index in [2.05, 4.69) is 56.6 Å². The molecule has 1 aliphatic rings. The Morgan fingerprint density at radius 3 is 2.61 bits per heavy atom. The molecular weight excluding hydrogens is 412 g/mol. The summed E-state index contributed by atoms with van der Waals surface area (Å²) in [6.07, 6.45) is 5.24. The number of hydrogen-bond acceptors (Lipinski definition) is 5. The molecule has 170 valence electrons. The number of tetrazole rings is 1. The van der Waals surface area contributed by atoms with Gasteiger partial charge in [0.2, 0.25) is 0 Å². The fourth-order valence-electron chi connectivity index (χ4n) is 4.82. The highest BCUT2D eigenvalue weighted by Crippen LogP contribution is 2.29. The molecule has 4 aromatic rings. The molecule has 2 aromatic carbocycles. The van der Waals surface area contributed by atoms with Crippen LogP contribution in [0.2, 0.25) is 0 Å². The van der Waals surface area contributed by atoms with E-state index in [9.17, 15) is 4.79 Å². The standard InChI is InChI=1S/C26H30N6O/c1-2-19-11-12-23-21(17-19)18-22(26(33)27-23)24(31-14-7-4-8-15-31)25-28-29-30-32(25)16-13-20-9-5-3-6-10-20/h3,5-6,9-12,17-18,24H,2,4,7-8,13-16H2,1H3,(H,27,33)/t24-/m0/s1. The lowest BCUT2D eigenvalue weighted by molar-refractivity contribution is 0.176. The number of likely N-dealkylation sites (tertiary alicyclic amines) is 1. The van der Waals surface area contributed by atoms with E-state index in [4.69, 9.17) is 0 Å². The van der Waals surface area contributed by atoms with E-state index in [0.29, 0.717) is 12.1 Å². The number of aryl methyl sites for hydroxylation is 3. The van der Waals surface area contributed by atoms with Crippen LogP contribution in [0, 0.1) is 0 Å². The molecule has 0 spiro atoms. The van der Waals surface area contributed by atoms with E-state index >= 15 is 0 Å². The van der Waals surface area contributed by atoms with Gasteiger partial charge in [0.15, 0.2) is 5.82 Å². The van der Waals surface area contributed by atoms with Gasteiger partial charge in [0, 0.05) is 17.6 Å². The summed E-state index contributed by atoms with van der Waals surface area (Å²) in [6, 6.07) is 18.4. The number of benzene rings is 2. The highest BCUT2D eigenvalue weighted by molar-refractivity contribution is 5.80. The smallest absolute Gasteiger partial charge is 0.253 e. The Labute approximate surface area is 193 Å². The van der Waals surface area contributed by atoms with Crippen molar-refractivity contribution in [2.45, 2.75) is 51.6 Å². The van der Waals surface area contributed by atoms with Gasteiger partial charge in [-0.1, -0.05) is 49.7 Å². The topological polar surface area (TPSA) is 79.7 Å². The van der Waals surface area contributed by atoms with Crippen LogP contribution in [0.5, 0.6) is 0 Å². The molecule has 0 saturated carbocycles. The third-order valence-electron chi connectivity index (χ3n) is 6.66. The molecule has 0 amide bonds. The summed E-state index contributed by atoms with van der Waals surface area (Å²) in [4.78, 5) is 18.8. The largest absolute Gasteiger partial charge is 0.322 e. The number of fused-ring (bicyclic) bond motifs is 1. The maximum atomic E-state index is 13.3. The van der Waals surface area contributed by atoms with Crippen LogP contribution in [-0.2, 0) is 19.4 Å². The van der Waals surface area contributed by atoms with Crippen molar-refractivity contribution in [1.82, 2.24) is 30.1 Å². The highest BCUT2D eigenvalue weighted by atomic mass is 16.1. The van der Waals surface area contributed by atoms with Gasteiger partial charge in [-0.25, -0.2) is 4.68 Å². The van der Waals surface area contributed by atoms with E-state index < -0.39 is 0 Å². The van der Waals surface area contributed by atoms with Crippen LogP contribution < -0.4 is 5.56 Å². The summed E-state index contributed by atoms with van der Waals surface area (Å²) in [6.45, 7) is 4.68. The Bertz CT molecular complexity index is 1270. The number of nitrogens with one attached hydrogen (secondary N) is 1. The molecule has 0 radical (unpaired) electrons. The molecule has 7 heteroatoms. The number of aromatic nitrogens is 5. The van der Waals surface area contributed by atoms with E-state index in [1.165, 1.54) is 17.5 Å². The number of piperidine rings is 1. The zero-order valence-corrected chi connectivity index (χ0v) is 19.1. The van der Waals surface area contributed by atoms with Gasteiger partial charge in [-0.2, -0.15) is 0 Å². The van der Waals surface area contributed by atoms with Crippen molar-refractivity contribution in [2.75, 3.05) is 13.1 Å². The number of aromatic amines is 1. The molecule has 0 unspecified atom stereocenters. The lowest BCUT2D eigenvalue weighted by atomic mass is 9.99. The minimum absolute atomic E-state index is 0.0695. The third-order valence-corrected chi connectivity index (χ3v) is 6.66. The number of nitrogens with zero attached hydrogens (tertiary/aromatic N) is 5. The van der Waals surface area contributed by atoms with Gasteiger partial charge in [-0.3, -0.25) is 9.69 Å². The zero-order valence-electron chi connectivity index (χ0n) is 19.1. The molecule has 1 fully saturated rings. The predicted molar refractivity (Wildman–Crippen MR) is 129 cm³/mol. The molecule has 1 saturated heterocycles. The van der Waals surface area contributed by atoms with Crippen LogP contribution in [0.3, 0.4) is 0 Å². The van der Waals surface area contributed by atoms with Crippen LogP contribution in [-0.4, -0.2) is 43.2 Å². The summed E-state index contributed by atoms with van der Waals surface area (Å²) in [5.74, 6) is 0.740. The number of rotatable bonds is 7. The van der Waals surface area contributed by atoms with Gasteiger partial charge in [0.25, 0.3) is 5.56 Å². The van der Waals surface area contributed by atoms with Gasteiger partial charge in [0.1, 0.15) is 6.04 Å². The molecule has 1 N–H and O–H groups in total. The van der Waals surface area contributed by atoms with Crippen LogP contribution in [0.25, 0.3) is 10.9 Å². The number of hydrogen-bond donors (Lipinski definition) is 1. The lowest BCUT2D eigenvalue weighted by Gasteiger charge is -2.33. The summed E-state index contributed by atoms with van der Waals surface area (Å²) in [7, 11) is 0. The Morgan fingerprint density at radius 2 is 1.82 bits per heavy atom. The van der Waals surface area contributed by atoms with E-state index in [1.54, 1.807) is 0 Å². The van der Waals surface area contributed by atoms with Gasteiger partial charge in [0.05, 0.1) is 0 Å². The molecule has 1 aliphatic heterocycles. The quantitative estimate of drug-likeness (QED) is 0.470. The zero-order chi connectivity index (χ0) is 22.6. The third kappa shape index (κ3) is 4.59. The van der Waals surface area contributed by atoms with Gasteiger partial charge in [-0.15, -0.1) is 5.10 Å². The molecular formula is C26H30N6O. The lowest BCUT2D eigenvalue weighted by Crippen LogP contribution is -2.38. The maximum absolute atomic E-state index is 13.3. The fraction of sp³-hybridized carbons (Fsp3) is 0.385. The van der Waals surface area contributed by atoms with Crippen molar-refractivity contribution < 1.29 is 0 Å². The minimum Gasteiger partial charge on any atom is -0.322 e. The second-order valence-corrected chi connectivity index (χ2v) is 8.82. The molecule has 0 aliphatic carbocycles. The van der Waals surface area contributed by atoms with Crippen molar-refractivity contribution >= 4 is 10.9 Å². The number of H-pyrrole nitrogens is 1. The van der Waals surface area contributed by atoms with E-state index in [0.717, 1.165) is 55.5 Å². The van der Waals surface area contributed by atoms with Crippen LogP contribution >= 0.6 is 0 Å². The normalized spacial score (nSPS) is 15.7.